The summed E-state index contributed by atoms with van der Waals surface area (Å²) in [4.78, 5) is 36.8. The second-order valence-electron chi connectivity index (χ2n) is 5.87. The Morgan fingerprint density at radius 2 is 2.31 bits per heavy atom. The Balaban J connectivity index is 1.69. The van der Waals surface area contributed by atoms with Crippen LogP contribution in [0.15, 0.2) is 41.5 Å². The highest BCUT2D eigenvalue weighted by Crippen LogP contribution is 2.20. The van der Waals surface area contributed by atoms with Gasteiger partial charge < -0.3 is 26.3 Å². The SMILES string of the molecule is CNc1nccc(-c2c[nH]c(=O)c(NC3CN(C(=O)C=CCN)C3)c2)n1. The third-order valence-electron chi connectivity index (χ3n) is 4.03. The molecule has 0 spiro atoms. The molecule has 9 heteroatoms. The van der Waals surface area contributed by atoms with Crippen LogP contribution in [0.5, 0.6) is 0 Å². The summed E-state index contributed by atoms with van der Waals surface area (Å²) in [6, 6.07) is 3.55. The molecule has 1 saturated heterocycles. The zero-order valence-electron chi connectivity index (χ0n) is 14.4. The van der Waals surface area contributed by atoms with Crippen LogP contribution in [0.3, 0.4) is 0 Å². The molecule has 0 aromatic carbocycles. The summed E-state index contributed by atoms with van der Waals surface area (Å²) in [6.45, 7) is 1.41. The number of likely N-dealkylation sites (tertiary alicyclic amines) is 1. The first-order valence-electron chi connectivity index (χ1n) is 8.26. The van der Waals surface area contributed by atoms with Crippen LogP contribution >= 0.6 is 0 Å². The number of amides is 1. The van der Waals surface area contributed by atoms with Gasteiger partial charge >= 0.3 is 0 Å². The van der Waals surface area contributed by atoms with E-state index in [0.29, 0.717) is 37.0 Å². The molecule has 26 heavy (non-hydrogen) atoms. The van der Waals surface area contributed by atoms with E-state index in [0.717, 1.165) is 5.56 Å². The predicted octanol–water partition coefficient (Wildman–Crippen LogP) is 0.0112. The minimum absolute atomic E-state index is 0.0276. The Morgan fingerprint density at radius 3 is 3.04 bits per heavy atom. The molecule has 136 valence electrons. The molecule has 0 saturated carbocycles. The van der Waals surface area contributed by atoms with Gasteiger partial charge in [0.1, 0.15) is 5.69 Å². The van der Waals surface area contributed by atoms with Crippen LogP contribution in [0.4, 0.5) is 11.6 Å². The first-order chi connectivity index (χ1) is 12.6. The molecule has 0 atom stereocenters. The Hall–Kier alpha value is -3.20. The van der Waals surface area contributed by atoms with Crippen LogP contribution in [0.1, 0.15) is 0 Å². The highest BCUT2D eigenvalue weighted by molar-refractivity contribution is 5.88. The van der Waals surface area contributed by atoms with Crippen LogP contribution in [0, 0.1) is 0 Å². The number of anilines is 2. The van der Waals surface area contributed by atoms with E-state index in [1.165, 1.54) is 6.08 Å². The summed E-state index contributed by atoms with van der Waals surface area (Å²) in [6.07, 6.45) is 6.36. The summed E-state index contributed by atoms with van der Waals surface area (Å²) in [5, 5.41) is 6.06. The fourth-order valence-electron chi connectivity index (χ4n) is 2.62. The van der Waals surface area contributed by atoms with Crippen molar-refractivity contribution in [2.24, 2.45) is 5.73 Å². The maximum Gasteiger partial charge on any atom is 0.271 e. The number of carbonyl (C=O) groups is 1. The third kappa shape index (κ3) is 3.89. The van der Waals surface area contributed by atoms with Crippen LogP contribution in [-0.4, -0.2) is 58.5 Å². The molecular formula is C17H21N7O2. The molecular weight excluding hydrogens is 334 g/mol. The van der Waals surface area contributed by atoms with E-state index in [1.54, 1.807) is 42.6 Å². The molecule has 1 fully saturated rings. The number of carbonyl (C=O) groups excluding carboxylic acids is 1. The van der Waals surface area contributed by atoms with Crippen molar-refractivity contribution in [2.45, 2.75) is 6.04 Å². The molecule has 1 aliphatic rings. The third-order valence-corrected chi connectivity index (χ3v) is 4.03. The van der Waals surface area contributed by atoms with E-state index in [2.05, 4.69) is 25.6 Å². The largest absolute Gasteiger partial charge is 0.374 e. The van der Waals surface area contributed by atoms with E-state index in [4.69, 9.17) is 5.73 Å². The molecule has 1 amide bonds. The fraction of sp³-hybridized carbons (Fsp3) is 0.294. The Bertz CT molecular complexity index is 871. The summed E-state index contributed by atoms with van der Waals surface area (Å²) in [5.74, 6) is 0.429. The zero-order chi connectivity index (χ0) is 18.5. The second kappa shape index (κ2) is 7.79. The summed E-state index contributed by atoms with van der Waals surface area (Å²) in [5.41, 5.74) is 7.03. The summed E-state index contributed by atoms with van der Waals surface area (Å²) < 4.78 is 0. The van der Waals surface area contributed by atoms with E-state index in [-0.39, 0.29) is 17.5 Å². The topological polar surface area (TPSA) is 129 Å². The Morgan fingerprint density at radius 1 is 1.50 bits per heavy atom. The van der Waals surface area contributed by atoms with Crippen molar-refractivity contribution in [1.29, 1.82) is 0 Å². The smallest absolute Gasteiger partial charge is 0.271 e. The van der Waals surface area contributed by atoms with Gasteiger partial charge in [-0.2, -0.15) is 0 Å². The molecule has 0 unspecified atom stereocenters. The lowest BCUT2D eigenvalue weighted by Crippen LogP contribution is -2.57. The van der Waals surface area contributed by atoms with Gasteiger partial charge in [-0.15, -0.1) is 0 Å². The van der Waals surface area contributed by atoms with Gasteiger partial charge in [-0.05, 0) is 12.1 Å². The standard InChI is InChI=1S/C17H21N7O2/c1-19-17-20-6-4-13(23-17)11-7-14(16(26)21-8-11)22-12-9-24(10-12)15(25)3-2-5-18/h2-4,6-8,12,22H,5,9-10,18H2,1H3,(H,21,26)(H,19,20,23). The molecule has 0 aliphatic carbocycles. The number of H-pyrrole nitrogens is 1. The lowest BCUT2D eigenvalue weighted by Gasteiger charge is -2.39. The quantitative estimate of drug-likeness (QED) is 0.537. The Kier molecular flexibility index (Phi) is 5.28. The molecule has 0 bridgehead atoms. The molecule has 9 nitrogen and oxygen atoms in total. The van der Waals surface area contributed by atoms with Crippen molar-refractivity contribution in [3.63, 3.8) is 0 Å². The number of pyridine rings is 1. The number of nitrogens with one attached hydrogen (secondary N) is 3. The second-order valence-corrected chi connectivity index (χ2v) is 5.87. The highest BCUT2D eigenvalue weighted by atomic mass is 16.2. The van der Waals surface area contributed by atoms with Crippen LogP contribution in [-0.2, 0) is 4.79 Å². The molecule has 0 radical (unpaired) electrons. The lowest BCUT2D eigenvalue weighted by atomic mass is 10.1. The molecule has 3 rings (SSSR count). The highest BCUT2D eigenvalue weighted by Gasteiger charge is 2.29. The number of hydrogen-bond donors (Lipinski definition) is 4. The van der Waals surface area contributed by atoms with E-state index < -0.39 is 0 Å². The maximum absolute atomic E-state index is 12.1. The summed E-state index contributed by atoms with van der Waals surface area (Å²) in [7, 11) is 1.74. The van der Waals surface area contributed by atoms with Crippen molar-refractivity contribution in [3.8, 4) is 11.3 Å². The van der Waals surface area contributed by atoms with E-state index in [1.807, 2.05) is 0 Å². The average Bonchev–Trinajstić information content (AvgIpc) is 2.63. The fourth-order valence-corrected chi connectivity index (χ4v) is 2.62. The number of aromatic nitrogens is 3. The predicted molar refractivity (Wildman–Crippen MR) is 99.8 cm³/mol. The first kappa shape index (κ1) is 17.6. The number of nitrogens with zero attached hydrogens (tertiary/aromatic N) is 3. The number of hydrogen-bond acceptors (Lipinski definition) is 7. The minimum atomic E-state index is -0.218. The van der Waals surface area contributed by atoms with Gasteiger partial charge in [0.05, 0.1) is 11.7 Å². The number of nitrogens with two attached hydrogens (primary N) is 1. The van der Waals surface area contributed by atoms with E-state index >= 15 is 0 Å². The van der Waals surface area contributed by atoms with E-state index in [9.17, 15) is 9.59 Å². The first-order valence-corrected chi connectivity index (χ1v) is 8.26. The van der Waals surface area contributed by atoms with Gasteiger partial charge in [0.25, 0.3) is 5.56 Å². The van der Waals surface area contributed by atoms with Gasteiger partial charge in [0.15, 0.2) is 0 Å². The van der Waals surface area contributed by atoms with Crippen molar-refractivity contribution >= 4 is 17.5 Å². The van der Waals surface area contributed by atoms with Crippen molar-refractivity contribution < 1.29 is 4.79 Å². The van der Waals surface area contributed by atoms with Gasteiger partial charge in [0.2, 0.25) is 11.9 Å². The Labute approximate surface area is 150 Å². The van der Waals surface area contributed by atoms with Crippen LogP contribution in [0.2, 0.25) is 0 Å². The zero-order valence-corrected chi connectivity index (χ0v) is 14.4. The normalized spacial score (nSPS) is 14.3. The van der Waals surface area contributed by atoms with Crippen LogP contribution < -0.4 is 21.9 Å². The average molecular weight is 355 g/mol. The van der Waals surface area contributed by atoms with Gasteiger partial charge in [0, 0.05) is 50.7 Å². The minimum Gasteiger partial charge on any atom is -0.374 e. The van der Waals surface area contributed by atoms with Gasteiger partial charge in [-0.1, -0.05) is 6.08 Å². The van der Waals surface area contributed by atoms with Crippen molar-refractivity contribution in [3.05, 3.63) is 47.0 Å². The van der Waals surface area contributed by atoms with Crippen molar-refractivity contribution in [2.75, 3.05) is 37.3 Å². The summed E-state index contributed by atoms with van der Waals surface area (Å²) >= 11 is 0. The number of rotatable bonds is 6. The monoisotopic (exact) mass is 355 g/mol. The molecule has 2 aromatic heterocycles. The molecule has 3 heterocycles. The molecule has 1 aliphatic heterocycles. The van der Waals surface area contributed by atoms with Crippen LogP contribution in [0.25, 0.3) is 11.3 Å². The van der Waals surface area contributed by atoms with Gasteiger partial charge in [-0.25, -0.2) is 9.97 Å². The molecule has 5 N–H and O–H groups in total. The van der Waals surface area contributed by atoms with Crippen molar-refractivity contribution in [1.82, 2.24) is 19.9 Å². The maximum atomic E-state index is 12.1. The lowest BCUT2D eigenvalue weighted by molar-refractivity contribution is -0.129. The number of aromatic amines is 1. The molecule has 2 aromatic rings. The van der Waals surface area contributed by atoms with Gasteiger partial charge in [-0.3, -0.25) is 9.59 Å².